The van der Waals surface area contributed by atoms with E-state index in [0.717, 1.165) is 31.7 Å². The zero-order valence-corrected chi connectivity index (χ0v) is 13.0. The van der Waals surface area contributed by atoms with Crippen LogP contribution >= 0.6 is 0 Å². The Bertz CT molecular complexity index is 476. The maximum Gasteiger partial charge on any atom is 0.309 e. The first-order valence-corrected chi connectivity index (χ1v) is 7.70. The minimum atomic E-state index is -0.186. The first-order chi connectivity index (χ1) is 10.1. The van der Waals surface area contributed by atoms with Gasteiger partial charge in [-0.1, -0.05) is 31.2 Å². The summed E-state index contributed by atoms with van der Waals surface area (Å²) in [7, 11) is 1.43. The predicted molar refractivity (Wildman–Crippen MR) is 83.8 cm³/mol. The predicted octanol–water partition coefficient (Wildman–Crippen LogP) is 1.82. The summed E-state index contributed by atoms with van der Waals surface area (Å²) >= 11 is 0. The molecule has 2 rings (SSSR count). The minimum absolute atomic E-state index is 0.186. The first kappa shape index (κ1) is 16.0. The lowest BCUT2D eigenvalue weighted by atomic mass is 9.87. The van der Waals surface area contributed by atoms with E-state index in [2.05, 4.69) is 17.9 Å². The van der Waals surface area contributed by atoms with E-state index in [9.17, 15) is 4.79 Å². The van der Waals surface area contributed by atoms with E-state index in [1.165, 1.54) is 19.1 Å². The standard InChI is InChI=1S/C17H26N2O2/c1-13-7-8-19(12-16(13)10-18)11-15-6-4-3-5-14(15)9-17(20)21-2/h3-6,13,16H,7-12,18H2,1-2H3. The fourth-order valence-electron chi connectivity index (χ4n) is 3.03. The third kappa shape index (κ3) is 4.29. The van der Waals surface area contributed by atoms with Gasteiger partial charge in [-0.3, -0.25) is 9.69 Å². The number of carbonyl (C=O) groups is 1. The van der Waals surface area contributed by atoms with Gasteiger partial charge in [0.2, 0.25) is 0 Å². The molecule has 0 aliphatic carbocycles. The summed E-state index contributed by atoms with van der Waals surface area (Å²) in [6.07, 6.45) is 1.54. The van der Waals surface area contributed by atoms with E-state index in [0.29, 0.717) is 18.3 Å². The van der Waals surface area contributed by atoms with Gasteiger partial charge in [0, 0.05) is 13.1 Å². The van der Waals surface area contributed by atoms with E-state index < -0.39 is 0 Å². The highest BCUT2D eigenvalue weighted by atomic mass is 16.5. The van der Waals surface area contributed by atoms with Gasteiger partial charge in [-0.05, 0) is 42.5 Å². The van der Waals surface area contributed by atoms with Crippen molar-refractivity contribution in [1.29, 1.82) is 0 Å². The first-order valence-electron chi connectivity index (χ1n) is 7.70. The highest BCUT2D eigenvalue weighted by Gasteiger charge is 2.25. The molecular formula is C17H26N2O2. The molecule has 1 aliphatic heterocycles. The molecule has 0 spiro atoms. The monoisotopic (exact) mass is 290 g/mol. The number of nitrogens with zero attached hydrogens (tertiary/aromatic N) is 1. The summed E-state index contributed by atoms with van der Waals surface area (Å²) in [6, 6.07) is 8.12. The molecule has 1 fully saturated rings. The third-order valence-corrected chi connectivity index (χ3v) is 4.58. The fourth-order valence-corrected chi connectivity index (χ4v) is 3.03. The van der Waals surface area contributed by atoms with Crippen molar-refractivity contribution < 1.29 is 9.53 Å². The van der Waals surface area contributed by atoms with E-state index in [4.69, 9.17) is 10.5 Å². The number of hydrogen-bond acceptors (Lipinski definition) is 4. The Morgan fingerprint density at radius 2 is 2.10 bits per heavy atom. The van der Waals surface area contributed by atoms with Crippen molar-refractivity contribution in [2.45, 2.75) is 26.3 Å². The van der Waals surface area contributed by atoms with Crippen LogP contribution in [0.2, 0.25) is 0 Å². The Morgan fingerprint density at radius 1 is 1.38 bits per heavy atom. The van der Waals surface area contributed by atoms with Crippen molar-refractivity contribution in [2.75, 3.05) is 26.7 Å². The molecule has 1 saturated heterocycles. The lowest BCUT2D eigenvalue weighted by molar-refractivity contribution is -0.139. The number of carbonyl (C=O) groups excluding carboxylic acids is 1. The molecule has 4 heteroatoms. The second kappa shape index (κ2) is 7.57. The Morgan fingerprint density at radius 3 is 2.76 bits per heavy atom. The Labute approximate surface area is 127 Å². The summed E-state index contributed by atoms with van der Waals surface area (Å²) in [6.45, 7) is 6.08. The Kier molecular flexibility index (Phi) is 5.76. The number of nitrogens with two attached hydrogens (primary N) is 1. The number of benzene rings is 1. The highest BCUT2D eigenvalue weighted by molar-refractivity contribution is 5.72. The molecule has 2 N–H and O–H groups in total. The molecule has 1 aromatic carbocycles. The molecule has 116 valence electrons. The van der Waals surface area contributed by atoms with Crippen LogP contribution in [0, 0.1) is 11.8 Å². The molecule has 0 aromatic heterocycles. The molecule has 1 aliphatic rings. The molecule has 2 atom stereocenters. The molecule has 0 radical (unpaired) electrons. The maximum absolute atomic E-state index is 11.5. The van der Waals surface area contributed by atoms with Gasteiger partial charge in [0.25, 0.3) is 0 Å². The van der Waals surface area contributed by atoms with E-state index in [-0.39, 0.29) is 5.97 Å². The zero-order valence-electron chi connectivity index (χ0n) is 13.0. The molecule has 4 nitrogen and oxygen atoms in total. The van der Waals surface area contributed by atoms with Gasteiger partial charge in [0.15, 0.2) is 0 Å². The SMILES string of the molecule is COC(=O)Cc1ccccc1CN1CCC(C)C(CN)C1. The van der Waals surface area contributed by atoms with Gasteiger partial charge in [-0.15, -0.1) is 0 Å². The van der Waals surface area contributed by atoms with Crippen LogP contribution in [-0.4, -0.2) is 37.6 Å². The molecular weight excluding hydrogens is 264 g/mol. The number of ether oxygens (including phenoxy) is 1. The smallest absolute Gasteiger partial charge is 0.309 e. The van der Waals surface area contributed by atoms with Gasteiger partial charge in [0.1, 0.15) is 0 Å². The highest BCUT2D eigenvalue weighted by Crippen LogP contribution is 2.24. The normalized spacial score (nSPS) is 23.0. The quantitative estimate of drug-likeness (QED) is 0.841. The van der Waals surface area contributed by atoms with E-state index >= 15 is 0 Å². The van der Waals surface area contributed by atoms with Gasteiger partial charge in [0.05, 0.1) is 13.5 Å². The largest absolute Gasteiger partial charge is 0.469 e. The molecule has 1 aromatic rings. The number of esters is 1. The van der Waals surface area contributed by atoms with Crippen LogP contribution in [0.1, 0.15) is 24.5 Å². The van der Waals surface area contributed by atoms with Crippen LogP contribution < -0.4 is 5.73 Å². The molecule has 2 unspecified atom stereocenters. The summed E-state index contributed by atoms with van der Waals surface area (Å²) in [4.78, 5) is 14.0. The van der Waals surface area contributed by atoms with Crippen molar-refractivity contribution in [3.63, 3.8) is 0 Å². The van der Waals surface area contributed by atoms with Crippen LogP contribution in [0.5, 0.6) is 0 Å². The number of likely N-dealkylation sites (tertiary alicyclic amines) is 1. The van der Waals surface area contributed by atoms with Gasteiger partial charge in [-0.25, -0.2) is 0 Å². The number of piperidine rings is 1. The van der Waals surface area contributed by atoms with Crippen molar-refractivity contribution in [3.05, 3.63) is 35.4 Å². The average molecular weight is 290 g/mol. The van der Waals surface area contributed by atoms with Crippen LogP contribution in [0.4, 0.5) is 0 Å². The van der Waals surface area contributed by atoms with E-state index in [1.54, 1.807) is 0 Å². The van der Waals surface area contributed by atoms with Crippen LogP contribution in [-0.2, 0) is 22.5 Å². The number of rotatable bonds is 5. The minimum Gasteiger partial charge on any atom is -0.469 e. The van der Waals surface area contributed by atoms with Gasteiger partial charge < -0.3 is 10.5 Å². The third-order valence-electron chi connectivity index (χ3n) is 4.58. The van der Waals surface area contributed by atoms with Crippen molar-refractivity contribution >= 4 is 5.97 Å². The van der Waals surface area contributed by atoms with Crippen molar-refractivity contribution in [1.82, 2.24) is 4.90 Å². The summed E-state index contributed by atoms with van der Waals surface area (Å²) < 4.78 is 4.78. The zero-order chi connectivity index (χ0) is 15.2. The maximum atomic E-state index is 11.5. The summed E-state index contributed by atoms with van der Waals surface area (Å²) in [5, 5.41) is 0. The lowest BCUT2D eigenvalue weighted by Crippen LogP contribution is -2.42. The second-order valence-corrected chi connectivity index (χ2v) is 6.02. The summed E-state index contributed by atoms with van der Waals surface area (Å²) in [5.74, 6) is 1.10. The molecule has 0 bridgehead atoms. The van der Waals surface area contributed by atoms with Crippen molar-refractivity contribution in [3.8, 4) is 0 Å². The van der Waals surface area contributed by atoms with Gasteiger partial charge in [-0.2, -0.15) is 0 Å². The average Bonchev–Trinajstić information content (AvgIpc) is 2.51. The Hall–Kier alpha value is -1.39. The lowest BCUT2D eigenvalue weighted by Gasteiger charge is -2.36. The second-order valence-electron chi connectivity index (χ2n) is 6.02. The van der Waals surface area contributed by atoms with E-state index in [1.807, 2.05) is 18.2 Å². The molecule has 1 heterocycles. The van der Waals surface area contributed by atoms with Crippen LogP contribution in [0.3, 0.4) is 0 Å². The van der Waals surface area contributed by atoms with Crippen LogP contribution in [0.25, 0.3) is 0 Å². The number of hydrogen-bond donors (Lipinski definition) is 1. The topological polar surface area (TPSA) is 55.6 Å². The van der Waals surface area contributed by atoms with Gasteiger partial charge >= 0.3 is 5.97 Å². The number of methoxy groups -OCH3 is 1. The summed E-state index contributed by atoms with van der Waals surface area (Å²) in [5.41, 5.74) is 8.15. The fraction of sp³-hybridized carbons (Fsp3) is 0.588. The van der Waals surface area contributed by atoms with Crippen molar-refractivity contribution in [2.24, 2.45) is 17.6 Å². The molecule has 0 amide bonds. The molecule has 21 heavy (non-hydrogen) atoms. The van der Waals surface area contributed by atoms with Crippen LogP contribution in [0.15, 0.2) is 24.3 Å². The Balaban J connectivity index is 2.04. The molecule has 0 saturated carbocycles.